The van der Waals surface area contributed by atoms with Crippen LogP contribution in [0.2, 0.25) is 0 Å². The highest BCUT2D eigenvalue weighted by Crippen LogP contribution is 2.33. The summed E-state index contributed by atoms with van der Waals surface area (Å²) in [6.45, 7) is 1.09. The molecule has 0 N–H and O–H groups in total. The van der Waals surface area contributed by atoms with E-state index in [9.17, 15) is 19.7 Å². The van der Waals surface area contributed by atoms with Gasteiger partial charge in [0.15, 0.2) is 0 Å². The second-order valence-corrected chi connectivity index (χ2v) is 8.74. The molecule has 2 aromatic carbocycles. The summed E-state index contributed by atoms with van der Waals surface area (Å²) in [5.41, 5.74) is 1.63. The van der Waals surface area contributed by atoms with Crippen LogP contribution < -0.4 is 4.74 Å². The Morgan fingerprint density at radius 3 is 2.58 bits per heavy atom. The summed E-state index contributed by atoms with van der Waals surface area (Å²) in [5.74, 6) is 0.364. The van der Waals surface area contributed by atoms with E-state index in [2.05, 4.69) is 22.6 Å². The SMILES string of the molecule is COCCCN1C(=O)S/C(=C/c2ccc(OCc3ccc([N+](=O)[O-])cc3)c(I)c2)C1=O. The minimum Gasteiger partial charge on any atom is -0.488 e. The van der Waals surface area contributed by atoms with Crippen LogP contribution in [0.5, 0.6) is 5.75 Å². The van der Waals surface area contributed by atoms with Gasteiger partial charge in [0.2, 0.25) is 0 Å². The Morgan fingerprint density at radius 1 is 1.19 bits per heavy atom. The molecule has 1 saturated heterocycles. The van der Waals surface area contributed by atoms with Crippen LogP contribution in [-0.4, -0.2) is 41.2 Å². The highest BCUT2D eigenvalue weighted by Gasteiger charge is 2.34. The zero-order chi connectivity index (χ0) is 22.4. The topological polar surface area (TPSA) is 99.0 Å². The molecule has 8 nitrogen and oxygen atoms in total. The number of carbonyl (C=O) groups excluding carboxylic acids is 2. The van der Waals surface area contributed by atoms with Gasteiger partial charge in [-0.05, 0) is 82.2 Å². The van der Waals surface area contributed by atoms with E-state index in [1.807, 2.05) is 12.1 Å². The molecule has 0 radical (unpaired) electrons. The summed E-state index contributed by atoms with van der Waals surface area (Å²) in [7, 11) is 1.58. The molecule has 1 aliphatic rings. The summed E-state index contributed by atoms with van der Waals surface area (Å²) < 4.78 is 11.6. The predicted molar refractivity (Wildman–Crippen MR) is 126 cm³/mol. The van der Waals surface area contributed by atoms with Gasteiger partial charge in [-0.1, -0.05) is 6.07 Å². The van der Waals surface area contributed by atoms with Gasteiger partial charge in [0.25, 0.3) is 16.8 Å². The molecule has 0 bridgehead atoms. The molecule has 162 valence electrons. The standard InChI is InChI=1S/C21H19IN2O6S/c1-29-10-2-9-23-20(25)19(31-21(23)26)12-15-5-8-18(17(22)11-15)30-13-14-3-6-16(7-4-14)24(27)28/h3-8,11-12H,2,9-10,13H2,1H3/b19-12+. The highest BCUT2D eigenvalue weighted by molar-refractivity contribution is 14.1. The second kappa shape index (κ2) is 10.7. The molecule has 0 saturated carbocycles. The predicted octanol–water partition coefficient (Wildman–Crippen LogP) is 4.85. The van der Waals surface area contributed by atoms with E-state index in [1.165, 1.54) is 17.0 Å². The van der Waals surface area contributed by atoms with E-state index in [0.29, 0.717) is 30.2 Å². The fourth-order valence-electron chi connectivity index (χ4n) is 2.81. The average molecular weight is 554 g/mol. The van der Waals surface area contributed by atoms with Gasteiger partial charge in [-0.25, -0.2) is 0 Å². The zero-order valence-corrected chi connectivity index (χ0v) is 19.6. The lowest BCUT2D eigenvalue weighted by atomic mass is 10.2. The van der Waals surface area contributed by atoms with Gasteiger partial charge in [0, 0.05) is 32.4 Å². The number of hydrogen-bond donors (Lipinski definition) is 0. The number of hydrogen-bond acceptors (Lipinski definition) is 7. The van der Waals surface area contributed by atoms with Crippen molar-refractivity contribution in [3.8, 4) is 5.75 Å². The molecule has 0 aliphatic carbocycles. The molecule has 2 aromatic rings. The van der Waals surface area contributed by atoms with Crippen LogP contribution in [0.4, 0.5) is 10.5 Å². The van der Waals surface area contributed by atoms with Crippen molar-refractivity contribution in [1.82, 2.24) is 4.90 Å². The highest BCUT2D eigenvalue weighted by atomic mass is 127. The van der Waals surface area contributed by atoms with Crippen LogP contribution in [0, 0.1) is 13.7 Å². The number of amides is 2. The maximum absolute atomic E-state index is 12.5. The van der Waals surface area contributed by atoms with Crippen molar-refractivity contribution in [3.05, 3.63) is 72.2 Å². The first kappa shape index (κ1) is 23.2. The second-order valence-electron chi connectivity index (χ2n) is 6.58. The largest absolute Gasteiger partial charge is 0.488 e. The molecule has 31 heavy (non-hydrogen) atoms. The summed E-state index contributed by atoms with van der Waals surface area (Å²) in [5, 5.41) is 10.5. The number of methoxy groups -OCH3 is 1. The van der Waals surface area contributed by atoms with E-state index in [0.717, 1.165) is 26.5 Å². The number of ether oxygens (including phenoxy) is 2. The monoisotopic (exact) mass is 554 g/mol. The number of carbonyl (C=O) groups is 2. The zero-order valence-electron chi connectivity index (χ0n) is 16.6. The first-order valence-corrected chi connectivity index (χ1v) is 11.2. The molecule has 10 heteroatoms. The number of nitro benzene ring substituents is 1. The maximum Gasteiger partial charge on any atom is 0.293 e. The molecule has 0 unspecified atom stereocenters. The van der Waals surface area contributed by atoms with Crippen molar-refractivity contribution in [2.24, 2.45) is 0 Å². The number of halogens is 1. The van der Waals surface area contributed by atoms with Gasteiger partial charge in [-0.2, -0.15) is 0 Å². The van der Waals surface area contributed by atoms with Crippen LogP contribution in [0.3, 0.4) is 0 Å². The lowest BCUT2D eigenvalue weighted by Gasteiger charge is -2.11. The van der Waals surface area contributed by atoms with Crippen LogP contribution in [0.15, 0.2) is 47.4 Å². The van der Waals surface area contributed by atoms with Gasteiger partial charge >= 0.3 is 0 Å². The van der Waals surface area contributed by atoms with Crippen molar-refractivity contribution in [2.45, 2.75) is 13.0 Å². The Hall–Kier alpha value is -2.44. The summed E-state index contributed by atoms with van der Waals surface area (Å²) in [4.78, 5) is 36.5. The minimum absolute atomic E-state index is 0.0331. The van der Waals surface area contributed by atoms with Crippen LogP contribution in [0.25, 0.3) is 6.08 Å². The smallest absolute Gasteiger partial charge is 0.293 e. The molecule has 2 amide bonds. The van der Waals surface area contributed by atoms with Crippen molar-refractivity contribution in [3.63, 3.8) is 0 Å². The Labute approximate surface area is 196 Å². The molecule has 3 rings (SSSR count). The Bertz CT molecular complexity index is 1030. The molecule has 1 heterocycles. The van der Waals surface area contributed by atoms with E-state index in [-0.39, 0.29) is 23.4 Å². The quantitative estimate of drug-likeness (QED) is 0.144. The minimum atomic E-state index is -0.444. The summed E-state index contributed by atoms with van der Waals surface area (Å²) >= 11 is 3.07. The Balaban J connectivity index is 1.64. The third-order valence-electron chi connectivity index (χ3n) is 4.40. The molecule has 1 aliphatic heterocycles. The maximum atomic E-state index is 12.5. The summed E-state index contributed by atoms with van der Waals surface area (Å²) in [6.07, 6.45) is 2.30. The van der Waals surface area contributed by atoms with Crippen molar-refractivity contribution in [2.75, 3.05) is 20.3 Å². The van der Waals surface area contributed by atoms with Crippen LogP contribution in [0.1, 0.15) is 17.5 Å². The lowest BCUT2D eigenvalue weighted by Crippen LogP contribution is -2.29. The normalized spacial score (nSPS) is 15.0. The number of nitro groups is 1. The molecule has 1 fully saturated rings. The van der Waals surface area contributed by atoms with Gasteiger partial charge in [-0.3, -0.25) is 24.6 Å². The lowest BCUT2D eigenvalue weighted by molar-refractivity contribution is -0.384. The van der Waals surface area contributed by atoms with E-state index < -0.39 is 4.92 Å². The summed E-state index contributed by atoms with van der Waals surface area (Å²) in [6, 6.07) is 11.7. The number of non-ortho nitro benzene ring substituents is 1. The van der Waals surface area contributed by atoms with Gasteiger partial charge in [-0.15, -0.1) is 0 Å². The molecule has 0 aromatic heterocycles. The number of nitrogens with zero attached hydrogens (tertiary/aromatic N) is 2. The third-order valence-corrected chi connectivity index (χ3v) is 6.15. The number of benzene rings is 2. The van der Waals surface area contributed by atoms with Gasteiger partial charge < -0.3 is 9.47 Å². The Morgan fingerprint density at radius 2 is 1.94 bits per heavy atom. The molecular weight excluding hydrogens is 535 g/mol. The van der Waals surface area contributed by atoms with Crippen molar-refractivity contribution >= 4 is 57.3 Å². The van der Waals surface area contributed by atoms with E-state index >= 15 is 0 Å². The van der Waals surface area contributed by atoms with Crippen LogP contribution >= 0.6 is 34.4 Å². The van der Waals surface area contributed by atoms with E-state index in [4.69, 9.17) is 9.47 Å². The molecule has 0 spiro atoms. The molecule has 0 atom stereocenters. The molecular formula is C21H19IN2O6S. The van der Waals surface area contributed by atoms with Crippen LogP contribution in [-0.2, 0) is 16.1 Å². The van der Waals surface area contributed by atoms with Gasteiger partial charge in [0.1, 0.15) is 12.4 Å². The number of imide groups is 1. The number of thioether (sulfide) groups is 1. The van der Waals surface area contributed by atoms with Gasteiger partial charge in [0.05, 0.1) is 13.4 Å². The number of rotatable bonds is 9. The van der Waals surface area contributed by atoms with Crippen molar-refractivity contribution in [1.29, 1.82) is 0 Å². The average Bonchev–Trinajstić information content (AvgIpc) is 3.01. The fourth-order valence-corrected chi connectivity index (χ4v) is 4.37. The third kappa shape index (κ3) is 6.05. The first-order chi connectivity index (χ1) is 14.9. The first-order valence-electron chi connectivity index (χ1n) is 9.29. The van der Waals surface area contributed by atoms with E-state index in [1.54, 1.807) is 31.4 Å². The Kier molecular flexibility index (Phi) is 8.04. The fraction of sp³-hybridized carbons (Fsp3) is 0.238. The van der Waals surface area contributed by atoms with Crippen molar-refractivity contribution < 1.29 is 24.0 Å².